The van der Waals surface area contributed by atoms with E-state index in [0.29, 0.717) is 37.2 Å². The third-order valence-corrected chi connectivity index (χ3v) is 5.71. The quantitative estimate of drug-likeness (QED) is 0.602. The number of nitrogens with one attached hydrogen (secondary N) is 1. The van der Waals surface area contributed by atoms with Gasteiger partial charge in [0, 0.05) is 24.0 Å². The topological polar surface area (TPSA) is 36.1 Å². The van der Waals surface area contributed by atoms with Gasteiger partial charge in [-0.05, 0) is 55.4 Å². The van der Waals surface area contributed by atoms with Crippen LogP contribution in [0.1, 0.15) is 40.9 Å². The van der Waals surface area contributed by atoms with Crippen molar-refractivity contribution in [1.29, 1.82) is 0 Å². The van der Waals surface area contributed by atoms with E-state index in [2.05, 4.69) is 4.98 Å². The summed E-state index contributed by atoms with van der Waals surface area (Å²) < 4.78 is 39.6. The molecule has 1 aliphatic rings. The lowest BCUT2D eigenvalue weighted by Crippen LogP contribution is -2.40. The van der Waals surface area contributed by atoms with Gasteiger partial charge < -0.3 is 9.88 Å². The predicted octanol–water partition coefficient (Wildman–Crippen LogP) is 5.67. The fraction of sp³-hybridized carbons (Fsp3) is 0.348. The number of halogens is 3. The van der Waals surface area contributed by atoms with Crippen LogP contribution in [-0.2, 0) is 12.6 Å². The van der Waals surface area contributed by atoms with Crippen LogP contribution in [0.15, 0.2) is 54.6 Å². The summed E-state index contributed by atoms with van der Waals surface area (Å²) in [5, 5.41) is 0.994. The summed E-state index contributed by atoms with van der Waals surface area (Å²) in [6, 6.07) is 15.4. The van der Waals surface area contributed by atoms with Crippen LogP contribution >= 0.6 is 0 Å². The molecular formula is C23H23F3N2O. The first kappa shape index (κ1) is 19.6. The molecule has 4 rings (SSSR count). The van der Waals surface area contributed by atoms with Crippen LogP contribution in [0.5, 0.6) is 0 Å². The minimum atomic E-state index is -4.33. The van der Waals surface area contributed by atoms with Gasteiger partial charge in [0.05, 0.1) is 5.56 Å². The van der Waals surface area contributed by atoms with Crippen molar-refractivity contribution in [3.05, 3.63) is 71.4 Å². The first-order valence-corrected chi connectivity index (χ1v) is 9.94. The number of likely N-dealkylation sites (tertiary alicyclic amines) is 1. The zero-order chi connectivity index (χ0) is 20.4. The van der Waals surface area contributed by atoms with Crippen molar-refractivity contribution in [3.8, 4) is 0 Å². The largest absolute Gasteiger partial charge is 0.416 e. The van der Waals surface area contributed by atoms with Crippen LogP contribution in [0.2, 0.25) is 0 Å². The highest BCUT2D eigenvalue weighted by Crippen LogP contribution is 2.33. The van der Waals surface area contributed by atoms with Crippen LogP contribution in [0, 0.1) is 5.92 Å². The summed E-state index contributed by atoms with van der Waals surface area (Å²) in [4.78, 5) is 17.9. The van der Waals surface area contributed by atoms with E-state index in [4.69, 9.17) is 0 Å². The van der Waals surface area contributed by atoms with E-state index >= 15 is 0 Å². The lowest BCUT2D eigenvalue weighted by Gasteiger charge is -2.32. The molecule has 3 nitrogen and oxygen atoms in total. The van der Waals surface area contributed by atoms with Gasteiger partial charge in [0.25, 0.3) is 5.91 Å². The van der Waals surface area contributed by atoms with Gasteiger partial charge in [-0.25, -0.2) is 0 Å². The number of aromatic amines is 1. The number of aromatic nitrogens is 1. The van der Waals surface area contributed by atoms with Crippen LogP contribution < -0.4 is 0 Å². The van der Waals surface area contributed by atoms with Gasteiger partial charge in [-0.1, -0.05) is 36.4 Å². The van der Waals surface area contributed by atoms with Crippen molar-refractivity contribution < 1.29 is 18.0 Å². The molecule has 1 aromatic heterocycles. The Hall–Kier alpha value is -2.76. The molecule has 3 aromatic rings. The molecule has 2 aromatic carbocycles. The number of hydrogen-bond acceptors (Lipinski definition) is 1. The number of hydrogen-bond donors (Lipinski definition) is 1. The monoisotopic (exact) mass is 400 g/mol. The number of amides is 1. The first-order valence-electron chi connectivity index (χ1n) is 9.94. The summed E-state index contributed by atoms with van der Waals surface area (Å²) in [5.74, 6) is 0.167. The minimum absolute atomic E-state index is 0.0402. The van der Waals surface area contributed by atoms with E-state index in [1.807, 2.05) is 35.2 Å². The standard InChI is InChI=1S/C23H23F3N2O/c24-23(25,26)19-9-3-1-7-17(19)12-11-16-6-5-13-28(15-16)22(29)21-14-18-8-2-4-10-20(18)27-21/h1-4,7-10,14,16,27H,5-6,11-13,15H2/t16-/m0/s1. The van der Waals surface area contributed by atoms with Crippen LogP contribution in [0.25, 0.3) is 10.9 Å². The molecule has 0 bridgehead atoms. The number of carbonyl (C=O) groups excluding carboxylic acids is 1. The van der Waals surface area contributed by atoms with Crippen LogP contribution in [0.3, 0.4) is 0 Å². The normalized spacial score (nSPS) is 17.6. The Morgan fingerprint density at radius 2 is 1.86 bits per heavy atom. The summed E-state index contributed by atoms with van der Waals surface area (Å²) in [7, 11) is 0. The third-order valence-electron chi connectivity index (χ3n) is 5.71. The van der Waals surface area contributed by atoms with Crippen molar-refractivity contribution in [2.75, 3.05) is 13.1 Å². The van der Waals surface area contributed by atoms with E-state index in [9.17, 15) is 18.0 Å². The molecule has 1 fully saturated rings. The van der Waals surface area contributed by atoms with E-state index in [1.165, 1.54) is 6.07 Å². The predicted molar refractivity (Wildman–Crippen MR) is 107 cm³/mol. The lowest BCUT2D eigenvalue weighted by atomic mass is 9.90. The van der Waals surface area contributed by atoms with Gasteiger partial charge in [-0.2, -0.15) is 13.2 Å². The lowest BCUT2D eigenvalue weighted by molar-refractivity contribution is -0.138. The zero-order valence-corrected chi connectivity index (χ0v) is 16.0. The molecule has 29 heavy (non-hydrogen) atoms. The average Bonchev–Trinajstić information content (AvgIpc) is 3.16. The number of H-pyrrole nitrogens is 1. The average molecular weight is 400 g/mol. The first-order chi connectivity index (χ1) is 13.9. The minimum Gasteiger partial charge on any atom is -0.351 e. The molecule has 0 radical (unpaired) electrons. The van der Waals surface area contributed by atoms with Gasteiger partial charge >= 0.3 is 6.18 Å². The highest BCUT2D eigenvalue weighted by Gasteiger charge is 2.33. The Balaban J connectivity index is 1.42. The van der Waals surface area contributed by atoms with Crippen molar-refractivity contribution in [2.24, 2.45) is 5.92 Å². The van der Waals surface area contributed by atoms with Gasteiger partial charge in [0.1, 0.15) is 5.69 Å². The molecule has 1 N–H and O–H groups in total. The third kappa shape index (κ3) is 4.31. The molecule has 0 spiro atoms. The highest BCUT2D eigenvalue weighted by atomic mass is 19.4. The van der Waals surface area contributed by atoms with Crippen molar-refractivity contribution in [2.45, 2.75) is 31.9 Å². The molecule has 2 heterocycles. The molecule has 152 valence electrons. The maximum absolute atomic E-state index is 13.2. The number of piperidine rings is 1. The Kier molecular flexibility index (Phi) is 5.35. The summed E-state index contributed by atoms with van der Waals surface area (Å²) in [6.07, 6.45) is -1.51. The van der Waals surface area contributed by atoms with Crippen LogP contribution in [-0.4, -0.2) is 28.9 Å². The fourth-order valence-electron chi connectivity index (χ4n) is 4.22. The van der Waals surface area contributed by atoms with Crippen molar-refractivity contribution >= 4 is 16.8 Å². The molecule has 6 heteroatoms. The molecule has 1 amide bonds. The second-order valence-corrected chi connectivity index (χ2v) is 7.72. The maximum Gasteiger partial charge on any atom is 0.416 e. The smallest absolute Gasteiger partial charge is 0.351 e. The highest BCUT2D eigenvalue weighted by molar-refractivity contribution is 5.98. The number of benzene rings is 2. The Bertz CT molecular complexity index is 976. The van der Waals surface area contributed by atoms with Gasteiger partial charge in [-0.15, -0.1) is 0 Å². The number of alkyl halides is 3. The van der Waals surface area contributed by atoms with Crippen molar-refractivity contribution in [1.82, 2.24) is 9.88 Å². The molecule has 0 unspecified atom stereocenters. The fourth-order valence-corrected chi connectivity index (χ4v) is 4.22. The number of nitrogens with zero attached hydrogens (tertiary/aromatic N) is 1. The van der Waals surface area contributed by atoms with Crippen LogP contribution in [0.4, 0.5) is 13.2 Å². The van der Waals surface area contributed by atoms with Gasteiger partial charge in [-0.3, -0.25) is 4.79 Å². The second-order valence-electron chi connectivity index (χ2n) is 7.72. The van der Waals surface area contributed by atoms with E-state index in [1.54, 1.807) is 12.1 Å². The summed E-state index contributed by atoms with van der Waals surface area (Å²) >= 11 is 0. The zero-order valence-electron chi connectivity index (χ0n) is 16.0. The Morgan fingerprint density at radius 1 is 1.10 bits per heavy atom. The summed E-state index contributed by atoms with van der Waals surface area (Å²) in [6.45, 7) is 1.27. The second kappa shape index (κ2) is 7.93. The number of fused-ring (bicyclic) bond motifs is 1. The molecular weight excluding hydrogens is 377 g/mol. The molecule has 1 saturated heterocycles. The van der Waals surface area contributed by atoms with Gasteiger partial charge in [0.15, 0.2) is 0 Å². The molecule has 1 aliphatic heterocycles. The Labute approximate surface area is 167 Å². The molecule has 1 atom stereocenters. The number of rotatable bonds is 4. The van der Waals surface area contributed by atoms with Crippen molar-refractivity contribution in [3.63, 3.8) is 0 Å². The molecule has 0 aliphatic carbocycles. The number of para-hydroxylation sites is 1. The van der Waals surface area contributed by atoms with E-state index < -0.39 is 11.7 Å². The molecule has 0 saturated carbocycles. The van der Waals surface area contributed by atoms with Gasteiger partial charge in [0.2, 0.25) is 0 Å². The Morgan fingerprint density at radius 3 is 2.66 bits per heavy atom. The van der Waals surface area contributed by atoms with E-state index in [0.717, 1.165) is 29.8 Å². The maximum atomic E-state index is 13.2. The summed E-state index contributed by atoms with van der Waals surface area (Å²) in [5.41, 5.74) is 1.27. The number of aryl methyl sites for hydroxylation is 1. The SMILES string of the molecule is O=C(c1cc2ccccc2[nH]1)N1CCC[C@@H](CCc2ccccc2C(F)(F)F)C1. The van der Waals surface area contributed by atoms with E-state index in [-0.39, 0.29) is 11.8 Å². The number of carbonyl (C=O) groups is 1.